The number of methoxy groups -OCH3 is 1. The summed E-state index contributed by atoms with van der Waals surface area (Å²) in [5.74, 6) is 0.705. The largest absolute Gasteiger partial charge is 0.383 e. The van der Waals surface area contributed by atoms with Gasteiger partial charge in [0.05, 0.1) is 6.61 Å². The third-order valence-corrected chi connectivity index (χ3v) is 2.76. The van der Waals surface area contributed by atoms with Gasteiger partial charge in [0.25, 0.3) is 0 Å². The van der Waals surface area contributed by atoms with Gasteiger partial charge in [-0.05, 0) is 19.4 Å². The van der Waals surface area contributed by atoms with Gasteiger partial charge in [0.1, 0.15) is 0 Å². The molecule has 0 aliphatic heterocycles. The summed E-state index contributed by atoms with van der Waals surface area (Å²) in [5, 5.41) is 3.49. The van der Waals surface area contributed by atoms with Crippen LogP contribution in [0.25, 0.3) is 0 Å². The van der Waals surface area contributed by atoms with Crippen LogP contribution in [0.3, 0.4) is 0 Å². The minimum absolute atomic E-state index is 0.429. The van der Waals surface area contributed by atoms with Crippen LogP contribution < -0.4 is 5.32 Å². The number of alkyl halides is 1. The average molecular weight is 236 g/mol. The standard InChI is InChI=1S/C12H26ClNO/c1-3-4-5-6-7-10-14-12(8-9-13)11-15-2/h12,14H,3-11H2,1-2H3. The molecular weight excluding hydrogens is 210 g/mol. The Hall–Kier alpha value is 0.210. The number of hydrogen-bond acceptors (Lipinski definition) is 2. The quantitative estimate of drug-likeness (QED) is 0.439. The first kappa shape index (κ1) is 15.2. The van der Waals surface area contributed by atoms with E-state index >= 15 is 0 Å². The summed E-state index contributed by atoms with van der Waals surface area (Å²) in [5.41, 5.74) is 0. The molecule has 0 aromatic heterocycles. The Morgan fingerprint density at radius 3 is 2.53 bits per heavy atom. The van der Waals surface area contributed by atoms with Crippen molar-refractivity contribution in [1.82, 2.24) is 5.32 Å². The second kappa shape index (κ2) is 12.3. The molecule has 0 amide bonds. The lowest BCUT2D eigenvalue weighted by Gasteiger charge is -2.16. The zero-order valence-corrected chi connectivity index (χ0v) is 11.0. The van der Waals surface area contributed by atoms with Gasteiger partial charge in [-0.15, -0.1) is 11.6 Å². The fourth-order valence-electron chi connectivity index (χ4n) is 1.61. The summed E-state index contributed by atoms with van der Waals surface area (Å²) in [6, 6.07) is 0.429. The highest BCUT2D eigenvalue weighted by Crippen LogP contribution is 2.02. The summed E-state index contributed by atoms with van der Waals surface area (Å²) >= 11 is 5.72. The van der Waals surface area contributed by atoms with Crippen molar-refractivity contribution in [2.24, 2.45) is 0 Å². The van der Waals surface area contributed by atoms with Crippen LogP contribution >= 0.6 is 11.6 Å². The molecule has 1 atom stereocenters. The van der Waals surface area contributed by atoms with Crippen molar-refractivity contribution in [2.45, 2.75) is 51.5 Å². The van der Waals surface area contributed by atoms with E-state index in [4.69, 9.17) is 16.3 Å². The van der Waals surface area contributed by atoms with Crippen molar-refractivity contribution >= 4 is 11.6 Å². The molecule has 3 heteroatoms. The van der Waals surface area contributed by atoms with Gasteiger partial charge in [0.2, 0.25) is 0 Å². The average Bonchev–Trinajstić information content (AvgIpc) is 2.24. The third-order valence-electron chi connectivity index (χ3n) is 2.54. The monoisotopic (exact) mass is 235 g/mol. The Bertz CT molecular complexity index is 116. The van der Waals surface area contributed by atoms with E-state index in [0.29, 0.717) is 11.9 Å². The molecule has 92 valence electrons. The molecule has 0 rings (SSSR count). The number of hydrogen-bond donors (Lipinski definition) is 1. The molecule has 0 aromatic rings. The summed E-state index contributed by atoms with van der Waals surface area (Å²) < 4.78 is 5.13. The van der Waals surface area contributed by atoms with Gasteiger partial charge in [-0.1, -0.05) is 32.6 Å². The smallest absolute Gasteiger partial charge is 0.0616 e. The minimum Gasteiger partial charge on any atom is -0.383 e. The highest BCUT2D eigenvalue weighted by atomic mass is 35.5. The molecule has 0 aliphatic carbocycles. The zero-order chi connectivity index (χ0) is 11.4. The number of halogens is 1. The Balaban J connectivity index is 3.28. The molecule has 0 heterocycles. The highest BCUT2D eigenvalue weighted by Gasteiger charge is 2.05. The maximum Gasteiger partial charge on any atom is 0.0616 e. The van der Waals surface area contributed by atoms with Crippen LogP contribution in [0.15, 0.2) is 0 Å². The van der Waals surface area contributed by atoms with Gasteiger partial charge in [0.15, 0.2) is 0 Å². The second-order valence-electron chi connectivity index (χ2n) is 4.00. The van der Waals surface area contributed by atoms with E-state index in [-0.39, 0.29) is 0 Å². The van der Waals surface area contributed by atoms with E-state index < -0.39 is 0 Å². The van der Waals surface area contributed by atoms with Crippen LogP contribution in [-0.4, -0.2) is 32.2 Å². The van der Waals surface area contributed by atoms with E-state index in [1.807, 2.05) is 0 Å². The molecule has 2 nitrogen and oxygen atoms in total. The lowest BCUT2D eigenvalue weighted by molar-refractivity contribution is 0.164. The summed E-state index contributed by atoms with van der Waals surface area (Å²) in [7, 11) is 1.74. The number of ether oxygens (including phenoxy) is 1. The fourth-order valence-corrected chi connectivity index (χ4v) is 1.88. The first-order chi connectivity index (χ1) is 7.35. The van der Waals surface area contributed by atoms with Crippen molar-refractivity contribution in [1.29, 1.82) is 0 Å². The van der Waals surface area contributed by atoms with Crippen molar-refractivity contribution in [2.75, 3.05) is 26.1 Å². The fraction of sp³-hybridized carbons (Fsp3) is 1.00. The van der Waals surface area contributed by atoms with E-state index in [1.54, 1.807) is 7.11 Å². The minimum atomic E-state index is 0.429. The summed E-state index contributed by atoms with van der Waals surface area (Å²) in [6.07, 6.45) is 7.63. The molecule has 0 saturated heterocycles. The van der Waals surface area contributed by atoms with E-state index in [1.165, 1.54) is 32.1 Å². The van der Waals surface area contributed by atoms with E-state index in [9.17, 15) is 0 Å². The predicted molar refractivity (Wildman–Crippen MR) is 67.8 cm³/mol. The van der Waals surface area contributed by atoms with Gasteiger partial charge in [-0.2, -0.15) is 0 Å². The Morgan fingerprint density at radius 2 is 1.93 bits per heavy atom. The Morgan fingerprint density at radius 1 is 1.20 bits per heavy atom. The van der Waals surface area contributed by atoms with Crippen molar-refractivity contribution < 1.29 is 4.74 Å². The van der Waals surface area contributed by atoms with Gasteiger partial charge in [0, 0.05) is 19.0 Å². The maximum atomic E-state index is 5.72. The number of nitrogens with one attached hydrogen (secondary N) is 1. The molecule has 1 unspecified atom stereocenters. The molecule has 0 bridgehead atoms. The van der Waals surface area contributed by atoms with Gasteiger partial charge < -0.3 is 10.1 Å². The van der Waals surface area contributed by atoms with Crippen LogP contribution in [0.2, 0.25) is 0 Å². The van der Waals surface area contributed by atoms with Crippen molar-refractivity contribution in [3.05, 3.63) is 0 Å². The first-order valence-electron chi connectivity index (χ1n) is 6.13. The third kappa shape index (κ3) is 10.5. The maximum absolute atomic E-state index is 5.72. The van der Waals surface area contributed by atoms with Crippen LogP contribution in [0, 0.1) is 0 Å². The molecule has 0 aromatic carbocycles. The normalized spacial score (nSPS) is 13.0. The van der Waals surface area contributed by atoms with Gasteiger partial charge >= 0.3 is 0 Å². The van der Waals surface area contributed by atoms with Crippen LogP contribution in [0.5, 0.6) is 0 Å². The van der Waals surface area contributed by atoms with Crippen molar-refractivity contribution in [3.8, 4) is 0 Å². The number of unbranched alkanes of at least 4 members (excludes halogenated alkanes) is 4. The number of rotatable bonds is 11. The highest BCUT2D eigenvalue weighted by molar-refractivity contribution is 6.17. The molecule has 1 N–H and O–H groups in total. The molecule has 0 radical (unpaired) electrons. The van der Waals surface area contributed by atoms with Crippen LogP contribution in [0.1, 0.15) is 45.4 Å². The van der Waals surface area contributed by atoms with E-state index in [2.05, 4.69) is 12.2 Å². The molecule has 0 fully saturated rings. The van der Waals surface area contributed by atoms with E-state index in [0.717, 1.165) is 19.6 Å². The summed E-state index contributed by atoms with van der Waals surface area (Å²) in [6.45, 7) is 4.10. The molecule has 0 spiro atoms. The molecule has 0 aliphatic rings. The lowest BCUT2D eigenvalue weighted by atomic mass is 10.1. The molecule has 0 saturated carbocycles. The second-order valence-corrected chi connectivity index (χ2v) is 4.38. The topological polar surface area (TPSA) is 21.3 Å². The van der Waals surface area contributed by atoms with Gasteiger partial charge in [-0.3, -0.25) is 0 Å². The zero-order valence-electron chi connectivity index (χ0n) is 10.2. The van der Waals surface area contributed by atoms with Gasteiger partial charge in [-0.25, -0.2) is 0 Å². The first-order valence-corrected chi connectivity index (χ1v) is 6.66. The molecular formula is C12H26ClNO. The predicted octanol–water partition coefficient (Wildman–Crippen LogP) is 3.19. The Kier molecular flexibility index (Phi) is 12.5. The van der Waals surface area contributed by atoms with Crippen LogP contribution in [-0.2, 0) is 4.74 Å². The Labute approximate surface area is 99.7 Å². The SMILES string of the molecule is CCCCCCCNC(CCCl)COC. The lowest BCUT2D eigenvalue weighted by Crippen LogP contribution is -2.34. The summed E-state index contributed by atoms with van der Waals surface area (Å²) in [4.78, 5) is 0. The van der Waals surface area contributed by atoms with Crippen LogP contribution in [0.4, 0.5) is 0 Å². The molecule has 15 heavy (non-hydrogen) atoms. The van der Waals surface area contributed by atoms with Crippen molar-refractivity contribution in [3.63, 3.8) is 0 Å².